The molecule has 0 aliphatic rings. The van der Waals surface area contributed by atoms with E-state index in [4.69, 9.17) is 0 Å². The Bertz CT molecular complexity index is 458. The van der Waals surface area contributed by atoms with Crippen LogP contribution >= 0.6 is 0 Å². The summed E-state index contributed by atoms with van der Waals surface area (Å²) < 4.78 is 0. The lowest BCUT2D eigenvalue weighted by Crippen LogP contribution is -2.35. The van der Waals surface area contributed by atoms with Crippen molar-refractivity contribution < 1.29 is 20.0 Å². The van der Waals surface area contributed by atoms with Crippen molar-refractivity contribution in [3.05, 3.63) is 35.4 Å². The lowest BCUT2D eigenvalue weighted by molar-refractivity contribution is -0.0800. The summed E-state index contributed by atoms with van der Waals surface area (Å²) in [7, 11) is 0. The largest absolute Gasteiger partial charge is 0.285 e. The minimum absolute atomic E-state index is 0.184. The van der Waals surface area contributed by atoms with Gasteiger partial charge in [0, 0.05) is 11.1 Å². The van der Waals surface area contributed by atoms with E-state index in [0.717, 1.165) is 0 Å². The van der Waals surface area contributed by atoms with Gasteiger partial charge in [0.2, 0.25) is 0 Å². The summed E-state index contributed by atoms with van der Waals surface area (Å²) in [6.45, 7) is 6.67. The fourth-order valence-corrected chi connectivity index (χ4v) is 1.52. The SMILES string of the molecule is CC(C)N(O)C(=O)c1cccc(C(=O)N(O)C(C)C)c1. The van der Waals surface area contributed by atoms with E-state index in [1.807, 2.05) is 0 Å². The zero-order valence-corrected chi connectivity index (χ0v) is 12.1. The summed E-state index contributed by atoms with van der Waals surface area (Å²) in [5, 5.41) is 20.4. The first-order valence-electron chi connectivity index (χ1n) is 6.40. The molecular weight excluding hydrogens is 260 g/mol. The van der Waals surface area contributed by atoms with Crippen LogP contribution in [0.1, 0.15) is 48.4 Å². The zero-order valence-electron chi connectivity index (χ0n) is 12.1. The van der Waals surface area contributed by atoms with Gasteiger partial charge in [-0.05, 0) is 45.9 Å². The third-order valence-corrected chi connectivity index (χ3v) is 2.75. The Morgan fingerprint density at radius 1 is 0.900 bits per heavy atom. The molecule has 0 aromatic heterocycles. The number of nitrogens with zero attached hydrogens (tertiary/aromatic N) is 2. The first-order valence-corrected chi connectivity index (χ1v) is 6.40. The monoisotopic (exact) mass is 280 g/mol. The van der Waals surface area contributed by atoms with Gasteiger partial charge in [0.15, 0.2) is 0 Å². The van der Waals surface area contributed by atoms with Crippen LogP contribution in [0, 0.1) is 0 Å². The highest BCUT2D eigenvalue weighted by Crippen LogP contribution is 2.12. The summed E-state index contributed by atoms with van der Waals surface area (Å²) in [5.41, 5.74) is 0.369. The summed E-state index contributed by atoms with van der Waals surface area (Å²) >= 11 is 0. The highest BCUT2D eigenvalue weighted by molar-refractivity contribution is 5.99. The predicted octanol–water partition coefficient (Wildman–Crippen LogP) is 2.17. The van der Waals surface area contributed by atoms with Crippen molar-refractivity contribution in [2.75, 3.05) is 0 Å². The van der Waals surface area contributed by atoms with Crippen LogP contribution in [0.4, 0.5) is 0 Å². The molecule has 110 valence electrons. The first kappa shape index (κ1) is 16.1. The molecule has 0 spiro atoms. The van der Waals surface area contributed by atoms with Gasteiger partial charge < -0.3 is 0 Å². The molecule has 0 saturated heterocycles. The second-order valence-corrected chi connectivity index (χ2v) is 5.07. The van der Waals surface area contributed by atoms with Gasteiger partial charge in [-0.1, -0.05) is 6.07 Å². The van der Waals surface area contributed by atoms with Crippen LogP contribution in [0.15, 0.2) is 24.3 Å². The Hall–Kier alpha value is -1.92. The molecule has 0 saturated carbocycles. The van der Waals surface area contributed by atoms with Gasteiger partial charge in [0.05, 0.1) is 12.1 Å². The van der Waals surface area contributed by atoms with Crippen LogP contribution in [0.25, 0.3) is 0 Å². The number of hydroxylamine groups is 4. The van der Waals surface area contributed by atoms with Crippen LogP contribution in [-0.2, 0) is 0 Å². The summed E-state index contributed by atoms with van der Waals surface area (Å²) in [4.78, 5) is 23.9. The lowest BCUT2D eigenvalue weighted by atomic mass is 10.1. The lowest BCUT2D eigenvalue weighted by Gasteiger charge is -2.20. The van der Waals surface area contributed by atoms with Crippen LogP contribution in [0.3, 0.4) is 0 Å². The second kappa shape index (κ2) is 6.49. The summed E-state index contributed by atoms with van der Waals surface area (Å²) in [5.74, 6) is -1.19. The minimum atomic E-state index is -0.594. The van der Waals surface area contributed by atoms with Crippen molar-refractivity contribution in [2.45, 2.75) is 39.8 Å². The Balaban J connectivity index is 3.02. The van der Waals surface area contributed by atoms with Gasteiger partial charge in [0.1, 0.15) is 0 Å². The molecule has 1 aromatic rings. The Morgan fingerprint density at radius 2 is 1.25 bits per heavy atom. The van der Waals surface area contributed by atoms with E-state index >= 15 is 0 Å². The smallest absolute Gasteiger partial charge is 0.277 e. The third kappa shape index (κ3) is 3.55. The topological polar surface area (TPSA) is 81.1 Å². The van der Waals surface area contributed by atoms with E-state index in [1.54, 1.807) is 27.7 Å². The maximum Gasteiger partial charge on any atom is 0.277 e. The highest BCUT2D eigenvalue weighted by Gasteiger charge is 2.20. The molecule has 0 radical (unpaired) electrons. The number of hydrogen-bond donors (Lipinski definition) is 2. The molecule has 0 fully saturated rings. The number of benzene rings is 1. The van der Waals surface area contributed by atoms with E-state index in [9.17, 15) is 20.0 Å². The number of carbonyl (C=O) groups excluding carboxylic acids is 2. The quantitative estimate of drug-likeness (QED) is 0.654. The molecule has 2 amide bonds. The van der Waals surface area contributed by atoms with Gasteiger partial charge in [-0.15, -0.1) is 0 Å². The van der Waals surface area contributed by atoms with Gasteiger partial charge in [-0.25, -0.2) is 10.1 Å². The molecule has 1 rings (SSSR count). The first-order chi connectivity index (χ1) is 9.25. The van der Waals surface area contributed by atoms with Gasteiger partial charge in [0.25, 0.3) is 11.8 Å². The molecule has 6 nitrogen and oxygen atoms in total. The number of carbonyl (C=O) groups is 2. The number of hydrogen-bond acceptors (Lipinski definition) is 4. The molecule has 0 bridgehead atoms. The average Bonchev–Trinajstić information content (AvgIpc) is 2.43. The highest BCUT2D eigenvalue weighted by atomic mass is 16.5. The second-order valence-electron chi connectivity index (χ2n) is 5.07. The average molecular weight is 280 g/mol. The fourth-order valence-electron chi connectivity index (χ4n) is 1.52. The molecule has 6 heteroatoms. The molecule has 0 aliphatic heterocycles. The number of rotatable bonds is 4. The van der Waals surface area contributed by atoms with Crippen LogP contribution in [0.5, 0.6) is 0 Å². The minimum Gasteiger partial charge on any atom is -0.285 e. The van der Waals surface area contributed by atoms with E-state index in [0.29, 0.717) is 10.1 Å². The molecule has 20 heavy (non-hydrogen) atoms. The molecule has 0 unspecified atom stereocenters. The van der Waals surface area contributed by atoms with Crippen LogP contribution in [0.2, 0.25) is 0 Å². The van der Waals surface area contributed by atoms with Crippen molar-refractivity contribution in [1.29, 1.82) is 0 Å². The molecule has 0 aliphatic carbocycles. The third-order valence-electron chi connectivity index (χ3n) is 2.75. The normalized spacial score (nSPS) is 10.8. The van der Waals surface area contributed by atoms with E-state index in [2.05, 4.69) is 0 Å². The zero-order chi connectivity index (χ0) is 15.4. The van der Waals surface area contributed by atoms with Crippen LogP contribution < -0.4 is 0 Å². The summed E-state index contributed by atoms with van der Waals surface area (Å²) in [6, 6.07) is 5.15. The molecule has 1 aromatic carbocycles. The van der Waals surface area contributed by atoms with Gasteiger partial charge in [-0.3, -0.25) is 20.0 Å². The Morgan fingerprint density at radius 3 is 1.55 bits per heavy atom. The van der Waals surface area contributed by atoms with Crippen molar-refractivity contribution in [2.24, 2.45) is 0 Å². The number of amides is 2. The van der Waals surface area contributed by atoms with E-state index < -0.39 is 11.8 Å². The van der Waals surface area contributed by atoms with Crippen molar-refractivity contribution in [3.8, 4) is 0 Å². The van der Waals surface area contributed by atoms with Gasteiger partial charge >= 0.3 is 0 Å². The fraction of sp³-hybridized carbons (Fsp3) is 0.429. The molecular formula is C14H20N2O4. The van der Waals surface area contributed by atoms with Crippen molar-refractivity contribution in [3.63, 3.8) is 0 Å². The maximum absolute atomic E-state index is 12.0. The molecule has 0 heterocycles. The van der Waals surface area contributed by atoms with E-state index in [1.165, 1.54) is 24.3 Å². The predicted molar refractivity (Wildman–Crippen MR) is 72.6 cm³/mol. The van der Waals surface area contributed by atoms with Crippen LogP contribution in [-0.4, -0.2) is 44.4 Å². The van der Waals surface area contributed by atoms with Gasteiger partial charge in [-0.2, -0.15) is 0 Å². The molecule has 0 atom stereocenters. The standard InChI is InChI=1S/C14H20N2O4/c1-9(2)15(19)13(17)11-6-5-7-12(8-11)14(18)16(20)10(3)4/h5-10,19-20H,1-4H3. The Labute approximate surface area is 118 Å². The van der Waals surface area contributed by atoms with Crippen molar-refractivity contribution in [1.82, 2.24) is 10.1 Å². The Kier molecular flexibility index (Phi) is 5.24. The van der Waals surface area contributed by atoms with Crippen molar-refractivity contribution >= 4 is 11.8 Å². The molecule has 2 N–H and O–H groups in total. The maximum atomic E-state index is 12.0. The summed E-state index contributed by atoms with van der Waals surface area (Å²) in [6.07, 6.45) is 0. The van der Waals surface area contributed by atoms with E-state index in [-0.39, 0.29) is 23.2 Å².